The molecular weight excluding hydrogens is 241 g/mol. The highest BCUT2D eigenvalue weighted by Crippen LogP contribution is 2.22. The summed E-state index contributed by atoms with van der Waals surface area (Å²) in [5.41, 5.74) is 6.96. The molecular formula is C12H16FNO2S. The molecule has 2 atom stereocenters. The van der Waals surface area contributed by atoms with Crippen LogP contribution in [0.2, 0.25) is 0 Å². The fourth-order valence-corrected chi connectivity index (χ4v) is 4.12. The Balaban J connectivity index is 1.98. The highest BCUT2D eigenvalue weighted by molar-refractivity contribution is 7.91. The molecule has 0 aromatic heterocycles. The first-order valence-corrected chi connectivity index (χ1v) is 7.49. The van der Waals surface area contributed by atoms with Crippen molar-refractivity contribution >= 4 is 9.84 Å². The van der Waals surface area contributed by atoms with E-state index in [1.165, 1.54) is 12.1 Å². The Bertz CT molecular complexity index is 484. The molecule has 1 aliphatic heterocycles. The average Bonchev–Trinajstić information content (AvgIpc) is 2.62. The lowest BCUT2D eigenvalue weighted by molar-refractivity contribution is 0.461. The Labute approximate surface area is 101 Å². The van der Waals surface area contributed by atoms with Crippen LogP contribution in [0.3, 0.4) is 0 Å². The Kier molecular flexibility index (Phi) is 3.49. The number of hydrogen-bond donors (Lipinski definition) is 1. The van der Waals surface area contributed by atoms with Gasteiger partial charge in [0.2, 0.25) is 0 Å². The van der Waals surface area contributed by atoms with Crippen molar-refractivity contribution in [3.8, 4) is 0 Å². The second-order valence-corrected chi connectivity index (χ2v) is 6.89. The second kappa shape index (κ2) is 4.74. The van der Waals surface area contributed by atoms with Gasteiger partial charge in [0.1, 0.15) is 5.82 Å². The van der Waals surface area contributed by atoms with Gasteiger partial charge in [0.15, 0.2) is 9.84 Å². The maximum Gasteiger partial charge on any atom is 0.150 e. The van der Waals surface area contributed by atoms with Gasteiger partial charge in [-0.2, -0.15) is 0 Å². The number of sulfone groups is 1. The van der Waals surface area contributed by atoms with Crippen LogP contribution in [-0.2, 0) is 16.3 Å². The second-order valence-electron chi connectivity index (χ2n) is 4.66. The van der Waals surface area contributed by atoms with Crippen molar-refractivity contribution < 1.29 is 12.8 Å². The molecule has 1 aliphatic rings. The molecule has 1 saturated heterocycles. The molecule has 1 heterocycles. The molecule has 0 aliphatic carbocycles. The minimum Gasteiger partial charge on any atom is -0.327 e. The minimum absolute atomic E-state index is 0.0325. The van der Waals surface area contributed by atoms with E-state index in [1.807, 2.05) is 0 Å². The number of halogens is 1. The quantitative estimate of drug-likeness (QED) is 0.883. The van der Waals surface area contributed by atoms with Crippen molar-refractivity contribution in [2.24, 2.45) is 11.7 Å². The van der Waals surface area contributed by atoms with Crippen LogP contribution in [0.15, 0.2) is 24.3 Å². The van der Waals surface area contributed by atoms with Crippen molar-refractivity contribution in [3.63, 3.8) is 0 Å². The summed E-state index contributed by atoms with van der Waals surface area (Å²) in [4.78, 5) is 0. The predicted octanol–water partition coefficient (Wildman–Crippen LogP) is 1.13. The summed E-state index contributed by atoms with van der Waals surface area (Å²) in [5, 5.41) is 0. The van der Waals surface area contributed by atoms with Crippen LogP contribution in [0, 0.1) is 11.7 Å². The molecule has 3 nitrogen and oxygen atoms in total. The zero-order valence-electron chi connectivity index (χ0n) is 9.47. The number of rotatable bonds is 3. The lowest BCUT2D eigenvalue weighted by Crippen LogP contribution is -2.33. The van der Waals surface area contributed by atoms with E-state index < -0.39 is 9.84 Å². The zero-order valence-corrected chi connectivity index (χ0v) is 10.3. The van der Waals surface area contributed by atoms with Gasteiger partial charge in [-0.05, 0) is 36.5 Å². The molecule has 0 saturated carbocycles. The molecule has 1 aromatic carbocycles. The molecule has 5 heteroatoms. The summed E-state index contributed by atoms with van der Waals surface area (Å²) >= 11 is 0. The SMILES string of the molecule is NC(Cc1ccc(F)cc1)C1CCS(=O)(=O)C1. The smallest absolute Gasteiger partial charge is 0.150 e. The third-order valence-electron chi connectivity index (χ3n) is 3.26. The maximum atomic E-state index is 12.7. The summed E-state index contributed by atoms with van der Waals surface area (Å²) in [6.45, 7) is 0. The number of nitrogens with two attached hydrogens (primary N) is 1. The minimum atomic E-state index is -2.88. The van der Waals surface area contributed by atoms with E-state index in [2.05, 4.69) is 0 Å². The highest BCUT2D eigenvalue weighted by Gasteiger charge is 2.31. The standard InChI is InChI=1S/C12H16FNO2S/c13-11-3-1-9(2-4-11)7-12(14)10-5-6-17(15,16)8-10/h1-4,10,12H,5-8,14H2. The Hall–Kier alpha value is -0.940. The van der Waals surface area contributed by atoms with Gasteiger partial charge in [-0.1, -0.05) is 12.1 Å². The summed E-state index contributed by atoms with van der Waals surface area (Å²) < 4.78 is 35.4. The van der Waals surface area contributed by atoms with Crippen LogP contribution in [0.1, 0.15) is 12.0 Å². The van der Waals surface area contributed by atoms with Gasteiger partial charge < -0.3 is 5.73 Å². The van der Waals surface area contributed by atoms with Crippen LogP contribution < -0.4 is 5.73 Å². The van der Waals surface area contributed by atoms with Gasteiger partial charge in [0, 0.05) is 6.04 Å². The van der Waals surface area contributed by atoms with Crippen molar-refractivity contribution in [3.05, 3.63) is 35.6 Å². The fraction of sp³-hybridized carbons (Fsp3) is 0.500. The summed E-state index contributed by atoms with van der Waals surface area (Å²) in [7, 11) is -2.88. The topological polar surface area (TPSA) is 60.2 Å². The molecule has 17 heavy (non-hydrogen) atoms. The van der Waals surface area contributed by atoms with Gasteiger partial charge in [0.05, 0.1) is 11.5 Å². The molecule has 94 valence electrons. The van der Waals surface area contributed by atoms with Crippen molar-refractivity contribution in [2.45, 2.75) is 18.9 Å². The lowest BCUT2D eigenvalue weighted by atomic mass is 9.94. The average molecular weight is 257 g/mol. The van der Waals surface area contributed by atoms with Crippen molar-refractivity contribution in [1.82, 2.24) is 0 Å². The first kappa shape index (κ1) is 12.5. The highest BCUT2D eigenvalue weighted by atomic mass is 32.2. The van der Waals surface area contributed by atoms with Gasteiger partial charge in [0.25, 0.3) is 0 Å². The van der Waals surface area contributed by atoms with Crippen LogP contribution in [0.25, 0.3) is 0 Å². The van der Waals surface area contributed by atoms with E-state index in [0.717, 1.165) is 5.56 Å². The third kappa shape index (κ3) is 3.26. The fourth-order valence-electron chi connectivity index (χ4n) is 2.22. The molecule has 1 fully saturated rings. The summed E-state index contributed by atoms with van der Waals surface area (Å²) in [6, 6.07) is 6.01. The molecule has 2 rings (SSSR count). The van der Waals surface area contributed by atoms with E-state index in [1.54, 1.807) is 12.1 Å². The number of hydrogen-bond acceptors (Lipinski definition) is 3. The molecule has 0 bridgehead atoms. The normalized spacial score (nSPS) is 24.7. The van der Waals surface area contributed by atoms with Crippen LogP contribution in [-0.4, -0.2) is 26.0 Å². The monoisotopic (exact) mass is 257 g/mol. The van der Waals surface area contributed by atoms with Crippen LogP contribution >= 0.6 is 0 Å². The van der Waals surface area contributed by atoms with E-state index in [0.29, 0.717) is 12.8 Å². The predicted molar refractivity (Wildman–Crippen MR) is 64.8 cm³/mol. The van der Waals surface area contributed by atoms with Gasteiger partial charge in [-0.3, -0.25) is 0 Å². The van der Waals surface area contributed by atoms with Crippen molar-refractivity contribution in [1.29, 1.82) is 0 Å². The lowest BCUT2D eigenvalue weighted by Gasteiger charge is -2.17. The summed E-state index contributed by atoms with van der Waals surface area (Å²) in [5.74, 6) is 0.195. The van der Waals surface area contributed by atoms with Crippen molar-refractivity contribution in [2.75, 3.05) is 11.5 Å². The summed E-state index contributed by atoms with van der Waals surface area (Å²) in [6.07, 6.45) is 1.24. The Morgan fingerprint density at radius 3 is 2.53 bits per heavy atom. The molecule has 0 amide bonds. The zero-order chi connectivity index (χ0) is 12.5. The molecule has 2 N–H and O–H groups in total. The molecule has 2 unspecified atom stereocenters. The van der Waals surface area contributed by atoms with Gasteiger partial charge in [-0.15, -0.1) is 0 Å². The first-order valence-electron chi connectivity index (χ1n) is 5.67. The van der Waals surface area contributed by atoms with Gasteiger partial charge in [-0.25, -0.2) is 12.8 Å². The Morgan fingerprint density at radius 2 is 2.00 bits per heavy atom. The number of benzene rings is 1. The van der Waals surface area contributed by atoms with Crippen LogP contribution in [0.4, 0.5) is 4.39 Å². The third-order valence-corrected chi connectivity index (χ3v) is 5.05. The van der Waals surface area contributed by atoms with E-state index >= 15 is 0 Å². The molecule has 1 aromatic rings. The Morgan fingerprint density at radius 1 is 1.35 bits per heavy atom. The molecule has 0 spiro atoms. The van der Waals surface area contributed by atoms with E-state index in [4.69, 9.17) is 5.73 Å². The van der Waals surface area contributed by atoms with E-state index in [9.17, 15) is 12.8 Å². The van der Waals surface area contributed by atoms with E-state index in [-0.39, 0.29) is 29.3 Å². The maximum absolute atomic E-state index is 12.7. The first-order chi connectivity index (χ1) is 7.96. The van der Waals surface area contributed by atoms with Gasteiger partial charge >= 0.3 is 0 Å². The van der Waals surface area contributed by atoms with Crippen LogP contribution in [0.5, 0.6) is 0 Å². The largest absolute Gasteiger partial charge is 0.327 e. The molecule has 0 radical (unpaired) electrons.